The lowest BCUT2D eigenvalue weighted by molar-refractivity contribution is 0.0904. The van der Waals surface area contributed by atoms with Gasteiger partial charge in [0.05, 0.1) is 5.69 Å². The van der Waals surface area contributed by atoms with E-state index >= 15 is 0 Å². The molecule has 4 nitrogen and oxygen atoms in total. The SMILES string of the molecule is CC1(C)CCC(Oc2nccc(CN)n2)CC1. The Labute approximate surface area is 103 Å². The Morgan fingerprint density at radius 3 is 2.76 bits per heavy atom. The molecule has 0 aromatic carbocycles. The first-order valence-corrected chi connectivity index (χ1v) is 6.28. The van der Waals surface area contributed by atoms with E-state index < -0.39 is 0 Å². The third kappa shape index (κ3) is 3.40. The fourth-order valence-electron chi connectivity index (χ4n) is 2.19. The van der Waals surface area contributed by atoms with Gasteiger partial charge in [-0.3, -0.25) is 0 Å². The number of rotatable bonds is 3. The molecule has 1 saturated carbocycles. The van der Waals surface area contributed by atoms with Crippen molar-refractivity contribution in [2.24, 2.45) is 11.1 Å². The van der Waals surface area contributed by atoms with Crippen LogP contribution >= 0.6 is 0 Å². The molecule has 1 aliphatic carbocycles. The van der Waals surface area contributed by atoms with Gasteiger partial charge in [-0.15, -0.1) is 0 Å². The Morgan fingerprint density at radius 2 is 2.12 bits per heavy atom. The summed E-state index contributed by atoms with van der Waals surface area (Å²) in [5.41, 5.74) is 6.82. The summed E-state index contributed by atoms with van der Waals surface area (Å²) >= 11 is 0. The lowest BCUT2D eigenvalue weighted by atomic mass is 9.76. The van der Waals surface area contributed by atoms with E-state index in [-0.39, 0.29) is 6.10 Å². The molecule has 1 heterocycles. The molecular weight excluding hydrogens is 214 g/mol. The molecule has 2 N–H and O–H groups in total. The van der Waals surface area contributed by atoms with Crippen molar-refractivity contribution in [1.29, 1.82) is 0 Å². The number of ether oxygens (including phenoxy) is 1. The Bertz CT molecular complexity index is 369. The van der Waals surface area contributed by atoms with Gasteiger partial charge in [0, 0.05) is 12.7 Å². The number of nitrogens with two attached hydrogens (primary N) is 1. The summed E-state index contributed by atoms with van der Waals surface area (Å²) in [6.07, 6.45) is 6.54. The average molecular weight is 235 g/mol. The Morgan fingerprint density at radius 1 is 1.41 bits per heavy atom. The average Bonchev–Trinajstić information content (AvgIpc) is 2.32. The fraction of sp³-hybridized carbons (Fsp3) is 0.692. The van der Waals surface area contributed by atoms with Crippen molar-refractivity contribution in [3.05, 3.63) is 18.0 Å². The Balaban J connectivity index is 1.93. The maximum absolute atomic E-state index is 5.81. The Hall–Kier alpha value is -1.16. The van der Waals surface area contributed by atoms with Crippen LogP contribution in [-0.4, -0.2) is 16.1 Å². The van der Waals surface area contributed by atoms with Crippen LogP contribution in [-0.2, 0) is 6.54 Å². The van der Waals surface area contributed by atoms with Crippen molar-refractivity contribution < 1.29 is 4.74 Å². The van der Waals surface area contributed by atoms with Crippen molar-refractivity contribution in [3.63, 3.8) is 0 Å². The maximum atomic E-state index is 5.81. The normalized spacial score (nSPS) is 20.2. The summed E-state index contributed by atoms with van der Waals surface area (Å²) in [6.45, 7) is 5.06. The zero-order valence-electron chi connectivity index (χ0n) is 10.6. The molecule has 0 unspecified atom stereocenters. The van der Waals surface area contributed by atoms with E-state index in [9.17, 15) is 0 Å². The second kappa shape index (κ2) is 5.00. The molecule has 0 atom stereocenters. The molecule has 1 aromatic rings. The highest BCUT2D eigenvalue weighted by Gasteiger charge is 2.28. The molecule has 0 aliphatic heterocycles. The van der Waals surface area contributed by atoms with E-state index in [0.29, 0.717) is 18.0 Å². The van der Waals surface area contributed by atoms with Gasteiger partial charge in [0.2, 0.25) is 0 Å². The van der Waals surface area contributed by atoms with E-state index in [1.54, 1.807) is 6.20 Å². The van der Waals surface area contributed by atoms with Crippen LogP contribution in [0.1, 0.15) is 45.2 Å². The molecule has 17 heavy (non-hydrogen) atoms. The van der Waals surface area contributed by atoms with Crippen LogP contribution in [0.3, 0.4) is 0 Å². The van der Waals surface area contributed by atoms with Crippen molar-refractivity contribution in [3.8, 4) is 6.01 Å². The molecule has 0 bridgehead atoms. The van der Waals surface area contributed by atoms with Gasteiger partial charge in [0.25, 0.3) is 0 Å². The fourth-order valence-corrected chi connectivity index (χ4v) is 2.19. The van der Waals surface area contributed by atoms with Crippen LogP contribution in [0.2, 0.25) is 0 Å². The zero-order valence-corrected chi connectivity index (χ0v) is 10.6. The quantitative estimate of drug-likeness (QED) is 0.873. The molecule has 0 saturated heterocycles. The highest BCUT2D eigenvalue weighted by atomic mass is 16.5. The molecule has 1 aromatic heterocycles. The standard InChI is InChI=1S/C13H21N3O/c1-13(2)6-3-11(4-7-13)17-12-15-8-5-10(9-14)16-12/h5,8,11H,3-4,6-7,9,14H2,1-2H3. The number of nitrogens with zero attached hydrogens (tertiary/aromatic N) is 2. The van der Waals surface area contributed by atoms with Crippen LogP contribution in [0.25, 0.3) is 0 Å². The second-order valence-electron chi connectivity index (χ2n) is 5.52. The predicted octanol–water partition coefficient (Wildman–Crippen LogP) is 2.28. The molecule has 0 amide bonds. The molecular formula is C13H21N3O. The predicted molar refractivity (Wildman–Crippen MR) is 66.6 cm³/mol. The minimum Gasteiger partial charge on any atom is -0.460 e. The molecule has 4 heteroatoms. The van der Waals surface area contributed by atoms with Crippen LogP contribution in [0, 0.1) is 5.41 Å². The van der Waals surface area contributed by atoms with Gasteiger partial charge in [-0.1, -0.05) is 13.8 Å². The van der Waals surface area contributed by atoms with Crippen LogP contribution in [0.15, 0.2) is 12.3 Å². The first kappa shape index (κ1) is 12.3. The molecule has 1 fully saturated rings. The van der Waals surface area contributed by atoms with Crippen molar-refractivity contribution in [1.82, 2.24) is 9.97 Å². The Kier molecular flexibility index (Phi) is 3.62. The summed E-state index contributed by atoms with van der Waals surface area (Å²) in [7, 11) is 0. The molecule has 94 valence electrons. The molecule has 0 spiro atoms. The van der Waals surface area contributed by atoms with Crippen LogP contribution in [0.5, 0.6) is 6.01 Å². The molecule has 1 aliphatic rings. The van der Waals surface area contributed by atoms with E-state index in [1.165, 1.54) is 12.8 Å². The third-order valence-corrected chi connectivity index (χ3v) is 3.46. The lowest BCUT2D eigenvalue weighted by Gasteiger charge is -2.33. The van der Waals surface area contributed by atoms with Gasteiger partial charge in [-0.25, -0.2) is 4.98 Å². The maximum Gasteiger partial charge on any atom is 0.316 e. The van der Waals surface area contributed by atoms with Gasteiger partial charge in [-0.2, -0.15) is 4.98 Å². The monoisotopic (exact) mass is 235 g/mol. The number of hydrogen-bond acceptors (Lipinski definition) is 4. The summed E-state index contributed by atoms with van der Waals surface area (Å²) in [6, 6.07) is 2.29. The zero-order chi connectivity index (χ0) is 12.3. The van der Waals surface area contributed by atoms with Gasteiger partial charge < -0.3 is 10.5 Å². The minimum atomic E-state index is 0.260. The minimum absolute atomic E-state index is 0.260. The smallest absolute Gasteiger partial charge is 0.316 e. The first-order valence-electron chi connectivity index (χ1n) is 6.28. The largest absolute Gasteiger partial charge is 0.460 e. The van der Waals surface area contributed by atoms with Gasteiger partial charge >= 0.3 is 6.01 Å². The summed E-state index contributed by atoms with van der Waals surface area (Å²) < 4.78 is 5.81. The van der Waals surface area contributed by atoms with Crippen molar-refractivity contribution in [2.45, 2.75) is 52.2 Å². The van der Waals surface area contributed by atoms with Gasteiger partial charge in [-0.05, 0) is 37.2 Å². The van der Waals surface area contributed by atoms with E-state index in [2.05, 4.69) is 23.8 Å². The van der Waals surface area contributed by atoms with E-state index in [1.807, 2.05) is 6.07 Å². The third-order valence-electron chi connectivity index (χ3n) is 3.46. The highest BCUT2D eigenvalue weighted by Crippen LogP contribution is 2.36. The topological polar surface area (TPSA) is 61.0 Å². The lowest BCUT2D eigenvalue weighted by Crippen LogP contribution is -2.28. The highest BCUT2D eigenvalue weighted by molar-refractivity contribution is 5.05. The van der Waals surface area contributed by atoms with Gasteiger partial charge in [0.1, 0.15) is 6.10 Å². The first-order chi connectivity index (χ1) is 8.09. The summed E-state index contributed by atoms with van der Waals surface area (Å²) in [4.78, 5) is 8.39. The van der Waals surface area contributed by atoms with Crippen LogP contribution < -0.4 is 10.5 Å². The molecule has 0 radical (unpaired) electrons. The second-order valence-corrected chi connectivity index (χ2v) is 5.52. The number of hydrogen-bond donors (Lipinski definition) is 1. The van der Waals surface area contributed by atoms with Crippen molar-refractivity contribution >= 4 is 0 Å². The van der Waals surface area contributed by atoms with E-state index in [4.69, 9.17) is 10.5 Å². The van der Waals surface area contributed by atoms with Gasteiger partial charge in [0.15, 0.2) is 0 Å². The summed E-state index contributed by atoms with van der Waals surface area (Å²) in [5, 5.41) is 0. The van der Waals surface area contributed by atoms with Crippen LogP contribution in [0.4, 0.5) is 0 Å². The number of aromatic nitrogens is 2. The summed E-state index contributed by atoms with van der Waals surface area (Å²) in [5.74, 6) is 0. The molecule has 2 rings (SSSR count). The van der Waals surface area contributed by atoms with Crippen molar-refractivity contribution in [2.75, 3.05) is 0 Å². The van der Waals surface area contributed by atoms with E-state index in [0.717, 1.165) is 18.5 Å².